The molecule has 114 valence electrons. The molecule has 0 amide bonds. The summed E-state index contributed by atoms with van der Waals surface area (Å²) in [6.45, 7) is 4.90. The molecule has 3 N–H and O–H groups in total. The van der Waals surface area contributed by atoms with Crippen LogP contribution in [0.15, 0.2) is 29.3 Å². The van der Waals surface area contributed by atoms with E-state index < -0.39 is 15.6 Å². The Morgan fingerprint density at radius 3 is 2.86 bits per heavy atom. The predicted molar refractivity (Wildman–Crippen MR) is 81.5 cm³/mol. The van der Waals surface area contributed by atoms with Crippen LogP contribution < -0.4 is 5.73 Å². The van der Waals surface area contributed by atoms with Gasteiger partial charge < -0.3 is 15.5 Å². The van der Waals surface area contributed by atoms with E-state index in [-0.39, 0.29) is 4.90 Å². The summed E-state index contributed by atoms with van der Waals surface area (Å²) in [5, 5.41) is 0.661. The van der Waals surface area contributed by atoms with Crippen molar-refractivity contribution in [2.45, 2.75) is 24.3 Å². The highest BCUT2D eigenvalue weighted by Gasteiger charge is 2.35. The Hall–Kier alpha value is -1.57. The molecule has 0 bridgehead atoms. The number of H-pyrrole nitrogens is 1. The molecule has 1 aromatic carbocycles. The van der Waals surface area contributed by atoms with E-state index in [2.05, 4.69) is 4.98 Å². The first-order valence-electron chi connectivity index (χ1n) is 6.80. The number of hydrogen-bond donors (Lipinski definition) is 2. The first-order valence-corrected chi connectivity index (χ1v) is 8.24. The number of rotatable bonds is 2. The minimum Gasteiger partial charge on any atom is -0.399 e. The highest BCUT2D eigenvalue weighted by molar-refractivity contribution is 7.89. The third-order valence-corrected chi connectivity index (χ3v) is 5.56. The molecule has 1 aromatic heterocycles. The van der Waals surface area contributed by atoms with Crippen molar-refractivity contribution in [3.8, 4) is 0 Å². The first-order chi connectivity index (χ1) is 9.79. The van der Waals surface area contributed by atoms with Crippen LogP contribution in [0.2, 0.25) is 0 Å². The first kappa shape index (κ1) is 14.4. The maximum Gasteiger partial charge on any atom is 0.245 e. The fraction of sp³-hybridized carbons (Fsp3) is 0.429. The summed E-state index contributed by atoms with van der Waals surface area (Å²) in [6.07, 6.45) is 1.53. The molecule has 0 radical (unpaired) electrons. The molecule has 3 rings (SSSR count). The third-order valence-electron chi connectivity index (χ3n) is 3.68. The summed E-state index contributed by atoms with van der Waals surface area (Å²) in [7, 11) is -3.55. The lowest BCUT2D eigenvalue weighted by molar-refractivity contribution is -0.0640. The number of aromatic nitrogens is 1. The van der Waals surface area contributed by atoms with Crippen LogP contribution in [0.1, 0.15) is 13.8 Å². The van der Waals surface area contributed by atoms with Gasteiger partial charge >= 0.3 is 0 Å². The van der Waals surface area contributed by atoms with E-state index in [1.54, 1.807) is 18.2 Å². The van der Waals surface area contributed by atoms with Crippen LogP contribution in [-0.2, 0) is 14.8 Å². The number of sulfonamides is 1. The Morgan fingerprint density at radius 1 is 1.38 bits per heavy atom. The zero-order valence-corrected chi connectivity index (χ0v) is 12.9. The molecule has 0 atom stereocenters. The summed E-state index contributed by atoms with van der Waals surface area (Å²) in [5.41, 5.74) is 6.57. The predicted octanol–water partition coefficient (Wildman–Crippen LogP) is 1.55. The number of morpholine rings is 1. The summed E-state index contributed by atoms with van der Waals surface area (Å²) >= 11 is 0. The lowest BCUT2D eigenvalue weighted by Gasteiger charge is -2.37. The lowest BCUT2D eigenvalue weighted by atomic mass is 10.1. The van der Waals surface area contributed by atoms with Gasteiger partial charge in [0.2, 0.25) is 10.0 Å². The number of ether oxygens (including phenoxy) is 1. The monoisotopic (exact) mass is 309 g/mol. The van der Waals surface area contributed by atoms with Crippen molar-refractivity contribution in [1.82, 2.24) is 9.29 Å². The minimum atomic E-state index is -3.55. The number of benzene rings is 1. The fourth-order valence-corrected chi connectivity index (χ4v) is 4.39. The number of nitrogens with zero attached hydrogens (tertiary/aromatic N) is 1. The van der Waals surface area contributed by atoms with Gasteiger partial charge in [0.15, 0.2) is 0 Å². The molecular weight excluding hydrogens is 290 g/mol. The quantitative estimate of drug-likeness (QED) is 0.824. The van der Waals surface area contributed by atoms with E-state index in [0.717, 1.165) is 5.52 Å². The number of anilines is 1. The van der Waals surface area contributed by atoms with Gasteiger partial charge in [-0.2, -0.15) is 4.31 Å². The summed E-state index contributed by atoms with van der Waals surface area (Å²) in [6, 6.07) is 5.18. The Kier molecular flexibility index (Phi) is 3.23. The van der Waals surface area contributed by atoms with Gasteiger partial charge in [-0.25, -0.2) is 8.42 Å². The molecule has 0 unspecified atom stereocenters. The second-order valence-electron chi connectivity index (χ2n) is 5.90. The normalized spacial score (nSPS) is 19.9. The van der Waals surface area contributed by atoms with Crippen LogP contribution in [0.4, 0.5) is 5.69 Å². The topological polar surface area (TPSA) is 88.4 Å². The van der Waals surface area contributed by atoms with Crippen molar-refractivity contribution in [3.63, 3.8) is 0 Å². The van der Waals surface area contributed by atoms with Crippen molar-refractivity contribution in [2.75, 3.05) is 25.4 Å². The maximum atomic E-state index is 12.9. The third kappa shape index (κ3) is 2.52. The maximum absolute atomic E-state index is 12.9. The van der Waals surface area contributed by atoms with Gasteiger partial charge in [0.25, 0.3) is 0 Å². The molecule has 0 saturated carbocycles. The lowest BCUT2D eigenvalue weighted by Crippen LogP contribution is -2.50. The average molecular weight is 309 g/mol. The Balaban J connectivity index is 2.04. The summed E-state index contributed by atoms with van der Waals surface area (Å²) in [4.78, 5) is 3.27. The van der Waals surface area contributed by atoms with Crippen LogP contribution in [-0.4, -0.2) is 43.0 Å². The average Bonchev–Trinajstić information content (AvgIpc) is 2.81. The number of nitrogens with one attached hydrogen (secondary N) is 1. The number of nitrogen functional groups attached to an aromatic ring is 1. The molecule has 6 nitrogen and oxygen atoms in total. The van der Waals surface area contributed by atoms with E-state index >= 15 is 0 Å². The molecule has 2 heterocycles. The van der Waals surface area contributed by atoms with Crippen LogP contribution >= 0.6 is 0 Å². The van der Waals surface area contributed by atoms with Crippen LogP contribution in [0.25, 0.3) is 10.9 Å². The van der Waals surface area contributed by atoms with Crippen molar-refractivity contribution in [1.29, 1.82) is 0 Å². The second-order valence-corrected chi connectivity index (χ2v) is 7.81. The molecule has 0 aliphatic carbocycles. The van der Waals surface area contributed by atoms with Gasteiger partial charge in [0.1, 0.15) is 4.90 Å². The van der Waals surface area contributed by atoms with Crippen molar-refractivity contribution < 1.29 is 13.2 Å². The molecule has 7 heteroatoms. The van der Waals surface area contributed by atoms with Gasteiger partial charge in [-0.3, -0.25) is 0 Å². The standard InChI is InChI=1S/C14H19N3O3S/c1-14(2)9-17(5-6-20-14)21(18,19)13-8-16-12-7-10(15)3-4-11(12)13/h3-4,7-8,16H,5-6,9,15H2,1-2H3. The number of fused-ring (bicyclic) bond motifs is 1. The largest absolute Gasteiger partial charge is 0.399 e. The van der Waals surface area contributed by atoms with Gasteiger partial charge in [0.05, 0.1) is 12.2 Å². The zero-order chi connectivity index (χ0) is 15.3. The van der Waals surface area contributed by atoms with Crippen LogP contribution in [0.5, 0.6) is 0 Å². The SMILES string of the molecule is CC1(C)CN(S(=O)(=O)c2c[nH]c3cc(N)ccc23)CCO1. The Labute approximate surface area is 123 Å². The van der Waals surface area contributed by atoms with E-state index in [1.165, 1.54) is 10.5 Å². The summed E-state index contributed by atoms with van der Waals surface area (Å²) < 4.78 is 32.8. The number of aromatic amines is 1. The summed E-state index contributed by atoms with van der Waals surface area (Å²) in [5.74, 6) is 0. The van der Waals surface area contributed by atoms with E-state index in [9.17, 15) is 8.42 Å². The van der Waals surface area contributed by atoms with Gasteiger partial charge in [-0.1, -0.05) is 0 Å². The Bertz CT molecular complexity index is 780. The minimum absolute atomic E-state index is 0.287. The highest BCUT2D eigenvalue weighted by Crippen LogP contribution is 2.29. The van der Waals surface area contributed by atoms with Crippen molar-refractivity contribution >= 4 is 26.6 Å². The molecular formula is C14H19N3O3S. The van der Waals surface area contributed by atoms with Gasteiger partial charge in [-0.05, 0) is 32.0 Å². The van der Waals surface area contributed by atoms with E-state index in [0.29, 0.717) is 30.8 Å². The van der Waals surface area contributed by atoms with E-state index in [4.69, 9.17) is 10.5 Å². The van der Waals surface area contributed by atoms with Gasteiger partial charge in [-0.15, -0.1) is 0 Å². The van der Waals surface area contributed by atoms with Crippen LogP contribution in [0, 0.1) is 0 Å². The molecule has 1 aliphatic rings. The smallest absolute Gasteiger partial charge is 0.245 e. The van der Waals surface area contributed by atoms with Crippen LogP contribution in [0.3, 0.4) is 0 Å². The van der Waals surface area contributed by atoms with Crippen molar-refractivity contribution in [3.05, 3.63) is 24.4 Å². The molecule has 1 fully saturated rings. The Morgan fingerprint density at radius 2 is 2.14 bits per heavy atom. The zero-order valence-electron chi connectivity index (χ0n) is 12.1. The van der Waals surface area contributed by atoms with Crippen molar-refractivity contribution in [2.24, 2.45) is 0 Å². The number of hydrogen-bond acceptors (Lipinski definition) is 4. The molecule has 2 aromatic rings. The highest BCUT2D eigenvalue weighted by atomic mass is 32.2. The molecule has 21 heavy (non-hydrogen) atoms. The molecule has 1 saturated heterocycles. The second kappa shape index (κ2) is 4.72. The van der Waals surface area contributed by atoms with Gasteiger partial charge in [0, 0.05) is 35.9 Å². The fourth-order valence-electron chi connectivity index (χ4n) is 2.65. The molecule has 1 aliphatic heterocycles. The number of nitrogens with two attached hydrogens (primary N) is 1. The van der Waals surface area contributed by atoms with E-state index in [1.807, 2.05) is 13.8 Å². The molecule has 0 spiro atoms.